The highest BCUT2D eigenvalue weighted by Crippen LogP contribution is 2.24. The van der Waals surface area contributed by atoms with Gasteiger partial charge in [-0.1, -0.05) is 53.2 Å². The van der Waals surface area contributed by atoms with Crippen molar-refractivity contribution >= 4 is 0 Å². The first-order valence-corrected chi connectivity index (χ1v) is 5.65. The number of hydrogen-bond donors (Lipinski definition) is 0. The Morgan fingerprint density at radius 2 is 1.69 bits per heavy atom. The lowest BCUT2D eigenvalue weighted by atomic mass is 9.87. The van der Waals surface area contributed by atoms with Gasteiger partial charge in [-0.05, 0) is 30.6 Å². The molecule has 78 valence electrons. The summed E-state index contributed by atoms with van der Waals surface area (Å²) in [6, 6.07) is 0. The molecule has 0 N–H and O–H groups in total. The first-order valence-electron chi connectivity index (χ1n) is 5.65. The fraction of sp³-hybridized carbons (Fsp3) is 0.846. The molecule has 0 aliphatic heterocycles. The molecule has 0 saturated carbocycles. The predicted molar refractivity (Wildman–Crippen MR) is 61.8 cm³/mol. The Hall–Kier alpha value is -0.260. The van der Waals surface area contributed by atoms with Crippen LogP contribution in [0.5, 0.6) is 0 Å². The van der Waals surface area contributed by atoms with E-state index in [1.165, 1.54) is 24.8 Å². The van der Waals surface area contributed by atoms with E-state index >= 15 is 0 Å². The van der Waals surface area contributed by atoms with Crippen molar-refractivity contribution in [2.45, 2.75) is 53.9 Å². The quantitative estimate of drug-likeness (QED) is 0.524. The van der Waals surface area contributed by atoms with Crippen LogP contribution in [0.2, 0.25) is 0 Å². The molecule has 0 aromatic carbocycles. The summed E-state index contributed by atoms with van der Waals surface area (Å²) < 4.78 is 0. The van der Waals surface area contributed by atoms with Crippen LogP contribution >= 0.6 is 0 Å². The van der Waals surface area contributed by atoms with Gasteiger partial charge in [0.25, 0.3) is 0 Å². The SMILES string of the molecule is C=C(CC(C)C)C(C)CC(C)CC. The molecule has 0 saturated heterocycles. The smallest absolute Gasteiger partial charge is 0.0232 e. The molecule has 0 aromatic heterocycles. The van der Waals surface area contributed by atoms with Crippen molar-refractivity contribution in [3.8, 4) is 0 Å². The molecule has 2 atom stereocenters. The molecule has 0 amide bonds. The lowest BCUT2D eigenvalue weighted by molar-refractivity contribution is 0.426. The van der Waals surface area contributed by atoms with E-state index in [2.05, 4.69) is 41.2 Å². The maximum atomic E-state index is 4.18. The van der Waals surface area contributed by atoms with Crippen LogP contribution in [-0.2, 0) is 0 Å². The Morgan fingerprint density at radius 1 is 1.15 bits per heavy atom. The Labute approximate surface area is 84.4 Å². The average Bonchev–Trinajstić information content (AvgIpc) is 2.02. The van der Waals surface area contributed by atoms with Crippen LogP contribution in [-0.4, -0.2) is 0 Å². The molecule has 0 spiro atoms. The zero-order valence-electron chi connectivity index (χ0n) is 10.1. The molecule has 0 nitrogen and oxygen atoms in total. The number of hydrogen-bond acceptors (Lipinski definition) is 0. The fourth-order valence-corrected chi connectivity index (χ4v) is 1.66. The van der Waals surface area contributed by atoms with Crippen molar-refractivity contribution in [2.24, 2.45) is 17.8 Å². The van der Waals surface area contributed by atoms with Crippen LogP contribution in [0.15, 0.2) is 12.2 Å². The lowest BCUT2D eigenvalue weighted by Gasteiger charge is -2.19. The second-order valence-electron chi connectivity index (χ2n) is 4.91. The summed E-state index contributed by atoms with van der Waals surface area (Å²) in [7, 11) is 0. The summed E-state index contributed by atoms with van der Waals surface area (Å²) >= 11 is 0. The minimum atomic E-state index is 0.706. The van der Waals surface area contributed by atoms with Crippen LogP contribution in [0.1, 0.15) is 53.9 Å². The van der Waals surface area contributed by atoms with Gasteiger partial charge in [0.05, 0.1) is 0 Å². The standard InChI is InChI=1S/C13H26/c1-7-11(4)9-13(6)12(5)8-10(2)3/h10-11,13H,5,7-9H2,1-4,6H3. The van der Waals surface area contributed by atoms with Gasteiger partial charge in [-0.3, -0.25) is 0 Å². The monoisotopic (exact) mass is 182 g/mol. The average molecular weight is 182 g/mol. The number of rotatable bonds is 6. The summed E-state index contributed by atoms with van der Waals surface area (Å²) in [5.74, 6) is 2.31. The third kappa shape index (κ3) is 5.90. The summed E-state index contributed by atoms with van der Waals surface area (Å²) in [5, 5.41) is 0. The minimum absolute atomic E-state index is 0.706. The van der Waals surface area contributed by atoms with Crippen molar-refractivity contribution in [3.05, 3.63) is 12.2 Å². The molecule has 0 aliphatic carbocycles. The summed E-state index contributed by atoms with van der Waals surface area (Å²) in [5.41, 5.74) is 1.44. The van der Waals surface area contributed by atoms with Gasteiger partial charge in [0, 0.05) is 0 Å². The molecule has 0 radical (unpaired) electrons. The molecule has 0 bridgehead atoms. The Kier molecular flexibility index (Phi) is 6.11. The highest BCUT2D eigenvalue weighted by atomic mass is 14.2. The highest BCUT2D eigenvalue weighted by Gasteiger charge is 2.11. The molecular weight excluding hydrogens is 156 g/mol. The van der Waals surface area contributed by atoms with Crippen LogP contribution in [0, 0.1) is 17.8 Å². The Bertz CT molecular complexity index is 144. The van der Waals surface area contributed by atoms with Crippen molar-refractivity contribution in [3.63, 3.8) is 0 Å². The molecule has 0 heteroatoms. The number of allylic oxidation sites excluding steroid dienone is 1. The van der Waals surface area contributed by atoms with Crippen LogP contribution in [0.4, 0.5) is 0 Å². The van der Waals surface area contributed by atoms with Gasteiger partial charge in [-0.25, -0.2) is 0 Å². The lowest BCUT2D eigenvalue weighted by Crippen LogP contribution is -2.06. The molecule has 2 unspecified atom stereocenters. The van der Waals surface area contributed by atoms with E-state index in [-0.39, 0.29) is 0 Å². The Morgan fingerprint density at radius 3 is 2.08 bits per heavy atom. The van der Waals surface area contributed by atoms with Crippen molar-refractivity contribution < 1.29 is 0 Å². The van der Waals surface area contributed by atoms with E-state index < -0.39 is 0 Å². The second kappa shape index (κ2) is 6.23. The second-order valence-corrected chi connectivity index (χ2v) is 4.91. The molecule has 0 aliphatic rings. The predicted octanol–water partition coefficient (Wildman–Crippen LogP) is 4.66. The summed E-state index contributed by atoms with van der Waals surface area (Å²) in [4.78, 5) is 0. The van der Waals surface area contributed by atoms with Gasteiger partial charge in [0.2, 0.25) is 0 Å². The minimum Gasteiger partial charge on any atom is -0.0996 e. The van der Waals surface area contributed by atoms with E-state index in [9.17, 15) is 0 Å². The zero-order valence-corrected chi connectivity index (χ0v) is 10.1. The fourth-order valence-electron chi connectivity index (χ4n) is 1.66. The van der Waals surface area contributed by atoms with Gasteiger partial charge in [-0.2, -0.15) is 0 Å². The maximum Gasteiger partial charge on any atom is -0.0232 e. The first kappa shape index (κ1) is 12.7. The molecule has 0 rings (SSSR count). The van der Waals surface area contributed by atoms with Gasteiger partial charge in [0.1, 0.15) is 0 Å². The first-order chi connectivity index (χ1) is 5.97. The summed E-state index contributed by atoms with van der Waals surface area (Å²) in [6.45, 7) is 15.6. The maximum absolute atomic E-state index is 4.18. The molecular formula is C13H26. The highest BCUT2D eigenvalue weighted by molar-refractivity contribution is 4.99. The van der Waals surface area contributed by atoms with E-state index in [1.54, 1.807) is 0 Å². The topological polar surface area (TPSA) is 0 Å². The largest absolute Gasteiger partial charge is 0.0996 e. The molecule has 0 aromatic rings. The van der Waals surface area contributed by atoms with Crippen LogP contribution in [0.25, 0.3) is 0 Å². The molecule has 0 fully saturated rings. The molecule has 0 heterocycles. The van der Waals surface area contributed by atoms with E-state index in [1.807, 2.05) is 0 Å². The van der Waals surface area contributed by atoms with Gasteiger partial charge < -0.3 is 0 Å². The molecule has 13 heavy (non-hydrogen) atoms. The van der Waals surface area contributed by atoms with E-state index in [4.69, 9.17) is 0 Å². The van der Waals surface area contributed by atoms with Gasteiger partial charge >= 0.3 is 0 Å². The summed E-state index contributed by atoms with van der Waals surface area (Å²) in [6.07, 6.45) is 3.79. The van der Waals surface area contributed by atoms with Crippen LogP contribution in [0.3, 0.4) is 0 Å². The van der Waals surface area contributed by atoms with Crippen LogP contribution < -0.4 is 0 Å². The Balaban J connectivity index is 3.82. The zero-order chi connectivity index (χ0) is 10.4. The van der Waals surface area contributed by atoms with E-state index in [0.29, 0.717) is 5.92 Å². The van der Waals surface area contributed by atoms with Gasteiger partial charge in [0.15, 0.2) is 0 Å². The van der Waals surface area contributed by atoms with Crippen molar-refractivity contribution in [1.82, 2.24) is 0 Å². The normalized spacial score (nSPS) is 15.8. The third-order valence-electron chi connectivity index (χ3n) is 2.82. The third-order valence-corrected chi connectivity index (χ3v) is 2.82. The van der Waals surface area contributed by atoms with E-state index in [0.717, 1.165) is 11.8 Å². The van der Waals surface area contributed by atoms with Crippen molar-refractivity contribution in [1.29, 1.82) is 0 Å². The van der Waals surface area contributed by atoms with Gasteiger partial charge in [-0.15, -0.1) is 0 Å². The van der Waals surface area contributed by atoms with Crippen molar-refractivity contribution in [2.75, 3.05) is 0 Å².